The molecule has 12 heteroatoms. The molecular formula is C20H15F7N4O. The summed E-state index contributed by atoms with van der Waals surface area (Å²) in [6.45, 7) is 4.55. The summed E-state index contributed by atoms with van der Waals surface area (Å²) in [5.41, 5.74) is 0.743. The molecule has 0 saturated heterocycles. The van der Waals surface area contributed by atoms with E-state index in [0.717, 1.165) is 30.5 Å². The summed E-state index contributed by atoms with van der Waals surface area (Å²) in [7, 11) is 0. The van der Waals surface area contributed by atoms with Crippen molar-refractivity contribution in [1.29, 1.82) is 0 Å². The summed E-state index contributed by atoms with van der Waals surface area (Å²) < 4.78 is 92.4. The predicted molar refractivity (Wildman–Crippen MR) is 102 cm³/mol. The van der Waals surface area contributed by atoms with Gasteiger partial charge >= 0.3 is 12.4 Å². The Labute approximate surface area is 177 Å². The van der Waals surface area contributed by atoms with Crippen molar-refractivity contribution in [2.24, 2.45) is 10.8 Å². The maximum absolute atomic E-state index is 13.9. The maximum Gasteiger partial charge on any atom is 0.416 e. The van der Waals surface area contributed by atoms with Gasteiger partial charge in [-0.1, -0.05) is 6.58 Å². The number of nitrogens with two attached hydrogens (primary N) is 1. The normalized spacial score (nSPS) is 13.1. The zero-order chi connectivity index (χ0) is 24.3. The highest BCUT2D eigenvalue weighted by Crippen LogP contribution is 2.36. The van der Waals surface area contributed by atoms with Crippen LogP contribution in [-0.4, -0.2) is 21.6 Å². The third kappa shape index (κ3) is 5.93. The van der Waals surface area contributed by atoms with Crippen LogP contribution in [0.4, 0.5) is 30.7 Å². The van der Waals surface area contributed by atoms with E-state index in [2.05, 4.69) is 16.7 Å². The Hall–Kier alpha value is -3.70. The number of hydrogen-bond donors (Lipinski definition) is 1. The lowest BCUT2D eigenvalue weighted by Gasteiger charge is -2.16. The van der Waals surface area contributed by atoms with E-state index in [9.17, 15) is 35.5 Å². The van der Waals surface area contributed by atoms with Crippen LogP contribution in [0, 0.1) is 5.95 Å². The van der Waals surface area contributed by atoms with Gasteiger partial charge in [0.2, 0.25) is 5.95 Å². The van der Waals surface area contributed by atoms with E-state index in [-0.39, 0.29) is 17.3 Å². The molecule has 1 aromatic heterocycles. The van der Waals surface area contributed by atoms with Crippen LogP contribution < -0.4 is 5.73 Å². The van der Waals surface area contributed by atoms with Gasteiger partial charge in [0.15, 0.2) is 0 Å². The molecule has 0 saturated carbocycles. The largest absolute Gasteiger partial charge is 0.416 e. The van der Waals surface area contributed by atoms with Crippen molar-refractivity contribution < 1.29 is 35.5 Å². The average Bonchev–Trinajstić information content (AvgIpc) is 2.69. The molecule has 170 valence electrons. The number of nitrogens with zero attached hydrogens (tertiary/aromatic N) is 3. The van der Waals surface area contributed by atoms with Crippen LogP contribution in [-0.2, 0) is 17.1 Å². The van der Waals surface area contributed by atoms with Crippen molar-refractivity contribution in [3.8, 4) is 0 Å². The number of primary amides is 1. The van der Waals surface area contributed by atoms with E-state index >= 15 is 0 Å². The number of hydrogen-bond acceptors (Lipinski definition) is 4. The van der Waals surface area contributed by atoms with E-state index in [1.54, 1.807) is 0 Å². The number of hydrazone groups is 1. The summed E-state index contributed by atoms with van der Waals surface area (Å²) in [5, 5.41) is 4.66. The summed E-state index contributed by atoms with van der Waals surface area (Å²) >= 11 is 0. The molecule has 2 aromatic rings. The molecule has 2 rings (SSSR count). The molecule has 0 unspecified atom stereocenters. The fourth-order valence-electron chi connectivity index (χ4n) is 2.50. The van der Waals surface area contributed by atoms with E-state index in [1.807, 2.05) is 0 Å². The second kappa shape index (κ2) is 9.20. The van der Waals surface area contributed by atoms with Crippen molar-refractivity contribution in [2.45, 2.75) is 19.3 Å². The molecule has 0 aliphatic heterocycles. The smallest absolute Gasteiger partial charge is 0.366 e. The number of halogens is 7. The van der Waals surface area contributed by atoms with Crippen LogP contribution in [0.25, 0.3) is 5.57 Å². The van der Waals surface area contributed by atoms with Gasteiger partial charge in [0.25, 0.3) is 5.91 Å². The lowest BCUT2D eigenvalue weighted by Crippen LogP contribution is -2.17. The van der Waals surface area contributed by atoms with Gasteiger partial charge in [0, 0.05) is 24.2 Å². The molecule has 0 spiro atoms. The van der Waals surface area contributed by atoms with Crippen LogP contribution in [0.1, 0.15) is 29.2 Å². The van der Waals surface area contributed by atoms with Gasteiger partial charge in [-0.2, -0.15) is 35.8 Å². The number of carbonyl (C=O) groups is 1. The number of benzene rings is 1. The highest BCUT2D eigenvalue weighted by atomic mass is 19.4. The topological polar surface area (TPSA) is 71.6 Å². The monoisotopic (exact) mass is 460 g/mol. The minimum absolute atomic E-state index is 0.0155. The standard InChI is InChI=1S/C20H15F7N4O/c1-3-31(10-16(18(28)32)15-5-4-6-29-17(15)21)30-11(2)12-7-13(19(22,23)24)9-14(8-12)20(25,26)27/h3-10H,1H2,2H3,(H2,28,32)/b16-10-,30-11+. The molecule has 1 amide bonds. The van der Waals surface area contributed by atoms with Crippen LogP contribution in [0.15, 0.2) is 60.6 Å². The van der Waals surface area contributed by atoms with Crippen molar-refractivity contribution in [2.75, 3.05) is 0 Å². The number of rotatable bonds is 6. The molecule has 0 radical (unpaired) electrons. The molecular weight excluding hydrogens is 445 g/mol. The first-order valence-electron chi connectivity index (χ1n) is 8.62. The highest BCUT2D eigenvalue weighted by molar-refractivity contribution is 6.18. The lowest BCUT2D eigenvalue weighted by atomic mass is 10.0. The fraction of sp³-hybridized carbons (Fsp3) is 0.150. The number of amides is 1. The molecule has 0 atom stereocenters. The van der Waals surface area contributed by atoms with Crippen LogP contribution >= 0.6 is 0 Å². The van der Waals surface area contributed by atoms with E-state index in [0.29, 0.717) is 12.1 Å². The first kappa shape index (κ1) is 24.6. The minimum Gasteiger partial charge on any atom is -0.366 e. The Kier molecular flexibility index (Phi) is 7.06. The molecule has 0 aliphatic rings. The van der Waals surface area contributed by atoms with Crippen molar-refractivity contribution >= 4 is 17.2 Å². The van der Waals surface area contributed by atoms with Gasteiger partial charge in [0.1, 0.15) is 0 Å². The van der Waals surface area contributed by atoms with E-state index in [1.165, 1.54) is 12.1 Å². The number of alkyl halides is 6. The van der Waals surface area contributed by atoms with Crippen LogP contribution in [0.3, 0.4) is 0 Å². The Balaban J connectivity index is 2.58. The minimum atomic E-state index is -5.04. The Morgan fingerprint density at radius 2 is 1.69 bits per heavy atom. The molecule has 0 aliphatic carbocycles. The Morgan fingerprint density at radius 3 is 2.12 bits per heavy atom. The first-order chi connectivity index (χ1) is 14.7. The van der Waals surface area contributed by atoms with E-state index in [4.69, 9.17) is 5.73 Å². The Morgan fingerprint density at radius 1 is 1.12 bits per heavy atom. The number of carbonyl (C=O) groups excluding carboxylic acids is 1. The van der Waals surface area contributed by atoms with Gasteiger partial charge < -0.3 is 5.73 Å². The second-order valence-corrected chi connectivity index (χ2v) is 6.29. The summed E-state index contributed by atoms with van der Waals surface area (Å²) in [6.07, 6.45) is -7.05. The summed E-state index contributed by atoms with van der Waals surface area (Å²) in [6, 6.07) is 3.49. The number of aromatic nitrogens is 1. The fourth-order valence-corrected chi connectivity index (χ4v) is 2.50. The average molecular weight is 460 g/mol. The van der Waals surface area contributed by atoms with Crippen molar-refractivity contribution in [3.63, 3.8) is 0 Å². The lowest BCUT2D eigenvalue weighted by molar-refractivity contribution is -0.143. The number of pyridine rings is 1. The zero-order valence-corrected chi connectivity index (χ0v) is 16.3. The third-order valence-corrected chi connectivity index (χ3v) is 4.03. The molecule has 1 heterocycles. The Bertz CT molecular complexity index is 1060. The van der Waals surface area contributed by atoms with E-state index < -0.39 is 46.5 Å². The SMILES string of the molecule is C=CN(/C=C(\C(N)=O)c1cccnc1F)/N=C(\C)c1cc(C(F)(F)F)cc(C(F)(F)F)c1. The summed E-state index contributed by atoms with van der Waals surface area (Å²) in [4.78, 5) is 15.2. The molecule has 0 bridgehead atoms. The van der Waals surface area contributed by atoms with Gasteiger partial charge in [-0.05, 0) is 42.8 Å². The van der Waals surface area contributed by atoms with Gasteiger partial charge in [-0.15, -0.1) is 0 Å². The second-order valence-electron chi connectivity index (χ2n) is 6.29. The predicted octanol–water partition coefficient (Wildman–Crippen LogP) is 4.95. The van der Waals surface area contributed by atoms with Gasteiger partial charge in [-0.3, -0.25) is 4.79 Å². The van der Waals surface area contributed by atoms with Crippen LogP contribution in [0.2, 0.25) is 0 Å². The van der Waals surface area contributed by atoms with Crippen LogP contribution in [0.5, 0.6) is 0 Å². The summed E-state index contributed by atoms with van der Waals surface area (Å²) in [5.74, 6) is -2.12. The molecule has 1 aromatic carbocycles. The maximum atomic E-state index is 13.9. The molecule has 0 fully saturated rings. The van der Waals surface area contributed by atoms with Gasteiger partial charge in [-0.25, -0.2) is 9.99 Å². The first-order valence-corrected chi connectivity index (χ1v) is 8.62. The van der Waals surface area contributed by atoms with Gasteiger partial charge in [0.05, 0.1) is 22.4 Å². The third-order valence-electron chi connectivity index (χ3n) is 4.03. The molecule has 2 N–H and O–H groups in total. The van der Waals surface area contributed by atoms with Crippen molar-refractivity contribution in [1.82, 2.24) is 9.99 Å². The van der Waals surface area contributed by atoms with Crippen molar-refractivity contribution in [3.05, 3.63) is 83.7 Å². The quantitative estimate of drug-likeness (QED) is 0.218. The molecule has 5 nitrogen and oxygen atoms in total. The zero-order valence-electron chi connectivity index (χ0n) is 16.3. The molecule has 32 heavy (non-hydrogen) atoms. The highest BCUT2D eigenvalue weighted by Gasteiger charge is 2.37.